The highest BCUT2D eigenvalue weighted by Gasteiger charge is 2.26. The van der Waals surface area contributed by atoms with E-state index in [1.165, 1.54) is 36.6 Å². The SMILES string of the molecule is COC(=O)NCCNc1nccc(-c2sc(C(C)(C)C)nc2-c2cccc(NS(=O)c3c(F)cccc3F)c2F)n1. The quantitative estimate of drug-likeness (QED) is 0.204. The van der Waals surface area contributed by atoms with Gasteiger partial charge in [-0.2, -0.15) is 0 Å². The van der Waals surface area contributed by atoms with E-state index in [1.54, 1.807) is 12.3 Å². The minimum atomic E-state index is -2.41. The zero-order valence-corrected chi connectivity index (χ0v) is 24.2. The van der Waals surface area contributed by atoms with Crippen LogP contribution >= 0.6 is 11.3 Å². The van der Waals surface area contributed by atoms with Crippen molar-refractivity contribution in [2.75, 3.05) is 30.2 Å². The number of nitrogens with zero attached hydrogens (tertiary/aromatic N) is 3. The van der Waals surface area contributed by atoms with Crippen molar-refractivity contribution in [1.82, 2.24) is 20.3 Å². The van der Waals surface area contributed by atoms with Crippen molar-refractivity contribution in [3.63, 3.8) is 0 Å². The molecule has 3 N–H and O–H groups in total. The number of ether oxygens (including phenoxy) is 1. The van der Waals surface area contributed by atoms with Gasteiger partial charge in [-0.05, 0) is 30.3 Å². The van der Waals surface area contributed by atoms with Crippen molar-refractivity contribution < 1.29 is 26.9 Å². The van der Waals surface area contributed by atoms with Gasteiger partial charge < -0.3 is 15.4 Å². The second-order valence-corrected chi connectivity index (χ2v) is 11.8. The fourth-order valence-electron chi connectivity index (χ4n) is 3.58. The van der Waals surface area contributed by atoms with Crippen LogP contribution in [0.3, 0.4) is 0 Å². The Morgan fingerprint density at radius 3 is 2.41 bits per heavy atom. The standard InChI is InChI=1S/C27H27F3N6O3S2/c1-27(2,3)24-35-21(22(40-24)19-11-12-31-25(34-19)32-13-14-33-26(37)39-4)15-7-5-10-18(20(15)30)36-41(38)23-16(28)8-6-9-17(23)29/h5-12,36H,13-14H2,1-4H3,(H,33,37)(H,31,32,34). The van der Waals surface area contributed by atoms with Crippen molar-refractivity contribution in [2.45, 2.75) is 31.1 Å². The van der Waals surface area contributed by atoms with Crippen LogP contribution in [0.4, 0.5) is 29.6 Å². The maximum atomic E-state index is 15.9. The summed E-state index contributed by atoms with van der Waals surface area (Å²) in [5.74, 6) is -2.55. The monoisotopic (exact) mass is 604 g/mol. The first-order chi connectivity index (χ1) is 19.5. The fraction of sp³-hybridized carbons (Fsp3) is 0.259. The smallest absolute Gasteiger partial charge is 0.406 e. The van der Waals surface area contributed by atoms with E-state index in [0.717, 1.165) is 18.2 Å². The molecule has 2 aromatic heterocycles. The van der Waals surface area contributed by atoms with Crippen LogP contribution < -0.4 is 15.4 Å². The summed E-state index contributed by atoms with van der Waals surface area (Å²) in [7, 11) is -1.15. The Hall–Kier alpha value is -4.04. The lowest BCUT2D eigenvalue weighted by molar-refractivity contribution is 0.171. The van der Waals surface area contributed by atoms with Crippen LogP contribution in [0.15, 0.2) is 53.6 Å². The number of benzene rings is 2. The summed E-state index contributed by atoms with van der Waals surface area (Å²) in [4.78, 5) is 24.6. The number of carbonyl (C=O) groups excluding carboxylic acids is 1. The fourth-order valence-corrected chi connectivity index (χ4v) is 5.64. The minimum Gasteiger partial charge on any atom is -0.453 e. The topological polar surface area (TPSA) is 118 Å². The summed E-state index contributed by atoms with van der Waals surface area (Å²) in [6.07, 6.45) is 0.978. The molecule has 0 saturated heterocycles. The van der Waals surface area contributed by atoms with E-state index < -0.39 is 39.4 Å². The molecule has 1 amide bonds. The Balaban J connectivity index is 1.69. The van der Waals surface area contributed by atoms with Gasteiger partial charge in [-0.25, -0.2) is 37.1 Å². The van der Waals surface area contributed by atoms with Gasteiger partial charge in [0.05, 0.1) is 34.1 Å². The van der Waals surface area contributed by atoms with Crippen LogP contribution in [0.2, 0.25) is 0 Å². The predicted octanol–water partition coefficient (Wildman–Crippen LogP) is 5.88. The molecule has 4 aromatic rings. The largest absolute Gasteiger partial charge is 0.453 e. The zero-order chi connectivity index (χ0) is 29.7. The number of halogens is 3. The lowest BCUT2D eigenvalue weighted by Crippen LogP contribution is -2.28. The summed E-state index contributed by atoms with van der Waals surface area (Å²) < 4.78 is 63.9. The Labute approximate surface area is 241 Å². The normalized spacial score (nSPS) is 12.1. The number of carbonyl (C=O) groups is 1. The number of thiazole rings is 1. The lowest BCUT2D eigenvalue weighted by Gasteiger charge is -2.13. The van der Waals surface area contributed by atoms with E-state index in [9.17, 15) is 17.8 Å². The molecular weight excluding hydrogens is 577 g/mol. The molecule has 0 saturated carbocycles. The number of amides is 1. The molecule has 216 valence electrons. The molecule has 0 aliphatic heterocycles. The first-order valence-corrected chi connectivity index (χ1v) is 14.3. The van der Waals surface area contributed by atoms with E-state index in [2.05, 4.69) is 30.1 Å². The Morgan fingerprint density at radius 1 is 1.02 bits per heavy atom. The zero-order valence-electron chi connectivity index (χ0n) is 22.5. The van der Waals surface area contributed by atoms with E-state index in [0.29, 0.717) is 27.8 Å². The van der Waals surface area contributed by atoms with Gasteiger partial charge in [-0.15, -0.1) is 11.3 Å². The number of hydrogen-bond donors (Lipinski definition) is 3. The van der Waals surface area contributed by atoms with Crippen LogP contribution in [-0.4, -0.2) is 45.5 Å². The minimum absolute atomic E-state index is 0.0816. The highest BCUT2D eigenvalue weighted by Crippen LogP contribution is 2.42. The van der Waals surface area contributed by atoms with Gasteiger partial charge >= 0.3 is 6.09 Å². The summed E-state index contributed by atoms with van der Waals surface area (Å²) in [6.45, 7) is 6.51. The molecular formula is C27H27F3N6O3S2. The van der Waals surface area contributed by atoms with Crippen LogP contribution in [-0.2, 0) is 21.1 Å². The van der Waals surface area contributed by atoms with Crippen molar-refractivity contribution in [2.24, 2.45) is 0 Å². The van der Waals surface area contributed by atoms with Crippen LogP contribution in [0.5, 0.6) is 0 Å². The molecule has 14 heteroatoms. The molecule has 4 rings (SSSR count). The molecule has 1 atom stereocenters. The maximum absolute atomic E-state index is 15.9. The highest BCUT2D eigenvalue weighted by atomic mass is 32.2. The number of methoxy groups -OCH3 is 1. The predicted molar refractivity (Wildman–Crippen MR) is 153 cm³/mol. The number of rotatable bonds is 9. The first kappa shape index (κ1) is 29.9. The number of aromatic nitrogens is 3. The second kappa shape index (κ2) is 12.6. The van der Waals surface area contributed by atoms with E-state index in [4.69, 9.17) is 4.98 Å². The Kier molecular flexibility index (Phi) is 9.23. The van der Waals surface area contributed by atoms with Crippen LogP contribution in [0, 0.1) is 17.5 Å². The van der Waals surface area contributed by atoms with Gasteiger partial charge in [0.15, 0.2) is 16.8 Å². The maximum Gasteiger partial charge on any atom is 0.406 e. The average Bonchev–Trinajstić information content (AvgIpc) is 3.38. The molecule has 0 aliphatic rings. The number of nitrogens with one attached hydrogen (secondary N) is 3. The third-order valence-corrected chi connectivity index (χ3v) is 8.25. The second-order valence-electron chi connectivity index (χ2n) is 9.65. The van der Waals surface area contributed by atoms with Gasteiger partial charge in [-0.3, -0.25) is 4.72 Å². The Bertz CT molecular complexity index is 1570. The van der Waals surface area contributed by atoms with E-state index >= 15 is 4.39 Å². The number of alkyl carbamates (subject to hydrolysis) is 1. The molecule has 2 aromatic carbocycles. The molecule has 2 heterocycles. The van der Waals surface area contributed by atoms with Crippen LogP contribution in [0.1, 0.15) is 25.8 Å². The molecule has 41 heavy (non-hydrogen) atoms. The van der Waals surface area contributed by atoms with E-state index in [1.807, 2.05) is 20.8 Å². The van der Waals surface area contributed by atoms with Crippen molar-refractivity contribution >= 4 is 40.1 Å². The number of anilines is 2. The molecule has 0 spiro atoms. The summed E-state index contributed by atoms with van der Waals surface area (Å²) in [5, 5.41) is 6.27. The van der Waals surface area contributed by atoms with Gasteiger partial charge in [0, 0.05) is 30.3 Å². The number of hydrogen-bond acceptors (Lipinski definition) is 8. The molecule has 1 unspecified atom stereocenters. The van der Waals surface area contributed by atoms with Crippen molar-refractivity contribution in [3.8, 4) is 21.8 Å². The summed E-state index contributed by atoms with van der Waals surface area (Å²) in [6, 6.07) is 9.12. The third kappa shape index (κ3) is 7.00. The van der Waals surface area contributed by atoms with Gasteiger partial charge in [-0.1, -0.05) is 32.9 Å². The summed E-state index contributed by atoms with van der Waals surface area (Å²) >= 11 is 1.34. The average molecular weight is 605 g/mol. The van der Waals surface area contributed by atoms with Gasteiger partial charge in [0.25, 0.3) is 0 Å². The molecule has 0 fully saturated rings. The Morgan fingerprint density at radius 2 is 1.73 bits per heavy atom. The van der Waals surface area contributed by atoms with Gasteiger partial charge in [0.2, 0.25) is 5.95 Å². The van der Waals surface area contributed by atoms with E-state index in [-0.39, 0.29) is 29.2 Å². The summed E-state index contributed by atoms with van der Waals surface area (Å²) in [5.41, 5.74) is 0.254. The molecule has 0 aliphatic carbocycles. The first-order valence-electron chi connectivity index (χ1n) is 12.3. The molecule has 9 nitrogen and oxygen atoms in total. The van der Waals surface area contributed by atoms with Crippen LogP contribution in [0.25, 0.3) is 21.8 Å². The molecule has 0 radical (unpaired) electrons. The van der Waals surface area contributed by atoms with Crippen molar-refractivity contribution in [3.05, 3.63) is 71.1 Å². The van der Waals surface area contributed by atoms with Gasteiger partial charge in [0.1, 0.15) is 16.5 Å². The van der Waals surface area contributed by atoms with Crippen molar-refractivity contribution in [1.29, 1.82) is 0 Å². The third-order valence-electron chi connectivity index (χ3n) is 5.58. The highest BCUT2D eigenvalue weighted by molar-refractivity contribution is 7.86. The lowest BCUT2D eigenvalue weighted by atomic mass is 9.98. The molecule has 0 bridgehead atoms.